The fourth-order valence-electron chi connectivity index (χ4n) is 3.86. The third-order valence-corrected chi connectivity index (χ3v) is 5.68. The fourth-order valence-corrected chi connectivity index (χ4v) is 4.02. The summed E-state index contributed by atoms with van der Waals surface area (Å²) >= 11 is 6.06. The highest BCUT2D eigenvalue weighted by Gasteiger charge is 2.18. The highest BCUT2D eigenvalue weighted by molar-refractivity contribution is 6.29. The van der Waals surface area contributed by atoms with Crippen molar-refractivity contribution in [1.29, 1.82) is 0 Å². The second kappa shape index (κ2) is 11.6. The molecule has 1 fully saturated rings. The van der Waals surface area contributed by atoms with Crippen molar-refractivity contribution in [3.8, 4) is 17.3 Å². The Balaban J connectivity index is 1.60. The van der Waals surface area contributed by atoms with E-state index in [1.807, 2.05) is 13.8 Å². The number of carbonyl (C=O) groups excluding carboxylic acids is 1. The normalized spacial score (nSPS) is 14.4. The molecule has 0 aromatic carbocycles. The van der Waals surface area contributed by atoms with Gasteiger partial charge in [-0.3, -0.25) is 19.1 Å². The Bertz CT molecular complexity index is 1240. The highest BCUT2D eigenvalue weighted by atomic mass is 35.5. The van der Waals surface area contributed by atoms with Crippen molar-refractivity contribution in [3.63, 3.8) is 0 Å². The molecule has 0 bridgehead atoms. The molecule has 0 aliphatic carbocycles. The van der Waals surface area contributed by atoms with E-state index in [1.54, 1.807) is 30.5 Å². The number of halogens is 1. The number of amides is 1. The topological polar surface area (TPSA) is 111 Å². The summed E-state index contributed by atoms with van der Waals surface area (Å²) in [7, 11) is 0. The maximum Gasteiger partial charge on any atom is 0.263 e. The number of hydrogen-bond donors (Lipinski definition) is 1. The van der Waals surface area contributed by atoms with E-state index in [4.69, 9.17) is 21.1 Å². The van der Waals surface area contributed by atoms with Crippen molar-refractivity contribution in [2.75, 3.05) is 39.5 Å². The summed E-state index contributed by atoms with van der Waals surface area (Å²) in [6.07, 6.45) is 2.39. The Kier molecular flexibility index (Phi) is 8.27. The van der Waals surface area contributed by atoms with E-state index < -0.39 is 5.56 Å². The molecule has 11 heteroatoms. The number of carbonyl (C=O) groups is 1. The maximum absolute atomic E-state index is 13.5. The van der Waals surface area contributed by atoms with Crippen LogP contribution in [-0.4, -0.2) is 75.8 Å². The zero-order valence-electron chi connectivity index (χ0n) is 19.9. The lowest BCUT2D eigenvalue weighted by atomic mass is 10.2. The minimum absolute atomic E-state index is 0.0708. The smallest absolute Gasteiger partial charge is 0.263 e. The highest BCUT2D eigenvalue weighted by Crippen LogP contribution is 2.20. The summed E-state index contributed by atoms with van der Waals surface area (Å²) in [4.78, 5) is 41.5. The number of nitrogens with one attached hydrogen (secondary N) is 1. The molecule has 3 aromatic heterocycles. The molecule has 1 saturated heterocycles. The third-order valence-electron chi connectivity index (χ3n) is 5.47. The van der Waals surface area contributed by atoms with Gasteiger partial charge in [0.05, 0.1) is 31.4 Å². The van der Waals surface area contributed by atoms with Gasteiger partial charge < -0.3 is 14.8 Å². The van der Waals surface area contributed by atoms with E-state index in [9.17, 15) is 9.59 Å². The number of nitrogens with zero attached hydrogens (tertiary/aromatic N) is 5. The van der Waals surface area contributed by atoms with Crippen molar-refractivity contribution in [1.82, 2.24) is 29.7 Å². The zero-order valence-corrected chi connectivity index (χ0v) is 20.6. The minimum atomic E-state index is -0.406. The van der Waals surface area contributed by atoms with E-state index in [1.165, 1.54) is 4.57 Å². The Morgan fingerprint density at radius 1 is 1.26 bits per heavy atom. The number of pyridine rings is 2. The number of ether oxygens (including phenoxy) is 2. The minimum Gasteiger partial charge on any atom is -0.492 e. The molecule has 1 aliphatic heterocycles. The van der Waals surface area contributed by atoms with E-state index in [2.05, 4.69) is 25.2 Å². The van der Waals surface area contributed by atoms with Crippen LogP contribution in [0.3, 0.4) is 0 Å². The first-order valence-electron chi connectivity index (χ1n) is 11.7. The van der Waals surface area contributed by atoms with Crippen LogP contribution in [0.15, 0.2) is 35.3 Å². The standard InChI is InChI=1S/C24H29ClN6O4/c1-16(2)27-21(32)15-31-23(19-5-3-6-20(25)28-19)29-22-18(24(31)33)13-17(14-26-22)35-10-4-7-30-8-11-34-12-9-30/h3,5-6,13-14,16H,4,7-12,15H2,1-2H3,(H,27,32). The van der Waals surface area contributed by atoms with Gasteiger partial charge in [-0.25, -0.2) is 15.0 Å². The zero-order chi connectivity index (χ0) is 24.8. The largest absolute Gasteiger partial charge is 0.492 e. The SMILES string of the molecule is CC(C)NC(=O)Cn1c(-c2cccc(Cl)n2)nc2ncc(OCCCN3CCOCC3)cc2c1=O. The molecule has 10 nitrogen and oxygen atoms in total. The van der Waals surface area contributed by atoms with Gasteiger partial charge in [-0.2, -0.15) is 0 Å². The Morgan fingerprint density at radius 3 is 2.80 bits per heavy atom. The Hall–Kier alpha value is -3.08. The van der Waals surface area contributed by atoms with Gasteiger partial charge in [0.25, 0.3) is 5.56 Å². The lowest BCUT2D eigenvalue weighted by Crippen LogP contribution is -2.37. The van der Waals surface area contributed by atoms with Crippen LogP contribution >= 0.6 is 11.6 Å². The molecule has 4 rings (SSSR count). The van der Waals surface area contributed by atoms with Crippen molar-refractivity contribution < 1.29 is 14.3 Å². The van der Waals surface area contributed by atoms with Crippen LogP contribution in [0.1, 0.15) is 20.3 Å². The van der Waals surface area contributed by atoms with Crippen LogP contribution in [-0.2, 0) is 16.1 Å². The molecule has 35 heavy (non-hydrogen) atoms. The molecule has 0 unspecified atom stereocenters. The average molecular weight is 501 g/mol. The van der Waals surface area contributed by atoms with Crippen LogP contribution in [0.5, 0.6) is 5.75 Å². The fraction of sp³-hybridized carbons (Fsp3) is 0.458. The molecule has 1 N–H and O–H groups in total. The summed E-state index contributed by atoms with van der Waals surface area (Å²) in [5, 5.41) is 3.32. The molecule has 0 saturated carbocycles. The predicted molar refractivity (Wildman–Crippen MR) is 133 cm³/mol. The summed E-state index contributed by atoms with van der Waals surface area (Å²) < 4.78 is 12.5. The van der Waals surface area contributed by atoms with E-state index >= 15 is 0 Å². The Morgan fingerprint density at radius 2 is 2.06 bits per heavy atom. The lowest BCUT2D eigenvalue weighted by molar-refractivity contribution is -0.122. The van der Waals surface area contributed by atoms with Crippen LogP contribution in [0.4, 0.5) is 0 Å². The summed E-state index contributed by atoms with van der Waals surface area (Å²) in [6.45, 7) is 8.28. The van der Waals surface area contributed by atoms with Gasteiger partial charge in [0.1, 0.15) is 23.1 Å². The molecule has 1 aliphatic rings. The number of morpholine rings is 1. The predicted octanol–water partition coefficient (Wildman–Crippen LogP) is 2.13. The molecule has 0 radical (unpaired) electrons. The molecule has 0 spiro atoms. The van der Waals surface area contributed by atoms with Gasteiger partial charge in [0, 0.05) is 25.7 Å². The molecule has 4 heterocycles. The van der Waals surface area contributed by atoms with Crippen molar-refractivity contribution in [3.05, 3.63) is 46.0 Å². The van der Waals surface area contributed by atoms with Gasteiger partial charge in [-0.1, -0.05) is 17.7 Å². The summed E-state index contributed by atoms with van der Waals surface area (Å²) in [5.74, 6) is 0.385. The third kappa shape index (κ3) is 6.53. The molecule has 3 aromatic rings. The number of rotatable bonds is 9. The molecule has 0 atom stereocenters. The van der Waals surface area contributed by atoms with Crippen molar-refractivity contribution in [2.24, 2.45) is 0 Å². The summed E-state index contributed by atoms with van der Waals surface area (Å²) in [5.41, 5.74) is 0.212. The van der Waals surface area contributed by atoms with E-state index in [-0.39, 0.29) is 40.5 Å². The number of hydrogen-bond acceptors (Lipinski definition) is 8. The monoisotopic (exact) mass is 500 g/mol. The van der Waals surface area contributed by atoms with Crippen LogP contribution < -0.4 is 15.6 Å². The average Bonchev–Trinajstić information content (AvgIpc) is 2.84. The van der Waals surface area contributed by atoms with E-state index in [0.717, 1.165) is 39.3 Å². The van der Waals surface area contributed by atoms with Gasteiger partial charge in [0.15, 0.2) is 11.5 Å². The van der Waals surface area contributed by atoms with Crippen LogP contribution in [0, 0.1) is 0 Å². The first-order chi connectivity index (χ1) is 16.9. The molecular formula is C24H29ClN6O4. The van der Waals surface area contributed by atoms with Crippen molar-refractivity contribution >= 4 is 28.5 Å². The van der Waals surface area contributed by atoms with Gasteiger partial charge in [-0.05, 0) is 38.5 Å². The van der Waals surface area contributed by atoms with Crippen LogP contribution in [0.25, 0.3) is 22.6 Å². The second-order valence-corrected chi connectivity index (χ2v) is 8.98. The molecule has 186 valence electrons. The second-order valence-electron chi connectivity index (χ2n) is 8.59. The number of fused-ring (bicyclic) bond motifs is 1. The first kappa shape index (κ1) is 25.0. The first-order valence-corrected chi connectivity index (χ1v) is 12.0. The molecular weight excluding hydrogens is 472 g/mol. The molecule has 1 amide bonds. The van der Waals surface area contributed by atoms with E-state index in [0.29, 0.717) is 18.1 Å². The Labute approximate surface area is 208 Å². The lowest BCUT2D eigenvalue weighted by Gasteiger charge is -2.26. The van der Waals surface area contributed by atoms with Crippen molar-refractivity contribution in [2.45, 2.75) is 32.9 Å². The van der Waals surface area contributed by atoms with Gasteiger partial charge in [0.2, 0.25) is 5.91 Å². The van der Waals surface area contributed by atoms with Gasteiger partial charge in [-0.15, -0.1) is 0 Å². The number of aromatic nitrogens is 4. The quantitative estimate of drug-likeness (QED) is 0.351. The summed E-state index contributed by atoms with van der Waals surface area (Å²) in [6, 6.07) is 6.57. The van der Waals surface area contributed by atoms with Gasteiger partial charge >= 0.3 is 0 Å². The van der Waals surface area contributed by atoms with Crippen LogP contribution in [0.2, 0.25) is 5.15 Å². The maximum atomic E-state index is 13.5.